The second kappa shape index (κ2) is 4.99. The van der Waals surface area contributed by atoms with E-state index in [1.807, 2.05) is 12.1 Å². The smallest absolute Gasteiger partial charge is 0.0954 e. The quantitative estimate of drug-likeness (QED) is 0.669. The Morgan fingerprint density at radius 3 is 2.89 bits per heavy atom. The summed E-state index contributed by atoms with van der Waals surface area (Å²) in [6, 6.07) is 8.07. The van der Waals surface area contributed by atoms with Crippen molar-refractivity contribution in [3.8, 4) is 0 Å². The van der Waals surface area contributed by atoms with Crippen molar-refractivity contribution in [1.82, 2.24) is 9.55 Å². The highest BCUT2D eigenvalue weighted by Crippen LogP contribution is 2.25. The number of rotatable bonds is 3. The first-order valence-corrected chi connectivity index (χ1v) is 7.58. The monoisotopic (exact) mass is 290 g/mol. The second-order valence-electron chi connectivity index (χ2n) is 4.95. The lowest BCUT2D eigenvalue weighted by molar-refractivity contribution is 0.787. The number of halogens is 1. The van der Waals surface area contributed by atoms with Crippen LogP contribution in [-0.2, 0) is 6.54 Å². The molecule has 3 rings (SSSR count). The molecule has 3 aromatic rings. The van der Waals surface area contributed by atoms with Crippen molar-refractivity contribution in [2.24, 2.45) is 0 Å². The zero-order chi connectivity index (χ0) is 13.4. The summed E-state index contributed by atoms with van der Waals surface area (Å²) in [4.78, 5) is 4.68. The van der Waals surface area contributed by atoms with E-state index in [0.29, 0.717) is 5.92 Å². The lowest BCUT2D eigenvalue weighted by atomic mass is 10.2. The third kappa shape index (κ3) is 2.40. The summed E-state index contributed by atoms with van der Waals surface area (Å²) in [5, 5.41) is 5.25. The summed E-state index contributed by atoms with van der Waals surface area (Å²) in [5.74, 6) is 0.495. The van der Waals surface area contributed by atoms with Gasteiger partial charge in [-0.05, 0) is 18.2 Å². The molecule has 0 aliphatic carbocycles. The Labute approximate surface area is 121 Å². The molecule has 19 heavy (non-hydrogen) atoms. The van der Waals surface area contributed by atoms with Gasteiger partial charge in [-0.1, -0.05) is 31.5 Å². The largest absolute Gasteiger partial charge is 0.341 e. The Balaban J connectivity index is 1.94. The number of hydrogen-bond donors (Lipinski definition) is 0. The van der Waals surface area contributed by atoms with Crippen molar-refractivity contribution in [2.45, 2.75) is 26.3 Å². The molecule has 0 saturated carbocycles. The summed E-state index contributed by atoms with van der Waals surface area (Å²) in [6.07, 6.45) is 2.07. The molecule has 2 aromatic heterocycles. The summed E-state index contributed by atoms with van der Waals surface area (Å²) in [7, 11) is 0. The average Bonchev–Trinajstić information content (AvgIpc) is 2.98. The number of hydrogen-bond acceptors (Lipinski definition) is 2. The molecule has 0 atom stereocenters. The van der Waals surface area contributed by atoms with Crippen LogP contribution < -0.4 is 0 Å². The maximum absolute atomic E-state index is 6.19. The van der Waals surface area contributed by atoms with Crippen LogP contribution in [0.15, 0.2) is 35.8 Å². The molecule has 0 amide bonds. The number of fused-ring (bicyclic) bond motifs is 1. The van der Waals surface area contributed by atoms with Crippen LogP contribution in [-0.4, -0.2) is 9.55 Å². The van der Waals surface area contributed by atoms with Crippen LogP contribution in [0.3, 0.4) is 0 Å². The lowest BCUT2D eigenvalue weighted by Gasteiger charge is -2.03. The molecule has 4 heteroatoms. The summed E-state index contributed by atoms with van der Waals surface area (Å²) in [6.45, 7) is 5.15. The second-order valence-corrected chi connectivity index (χ2v) is 6.24. The topological polar surface area (TPSA) is 17.8 Å². The van der Waals surface area contributed by atoms with Gasteiger partial charge in [0.2, 0.25) is 0 Å². The zero-order valence-electron chi connectivity index (χ0n) is 10.9. The van der Waals surface area contributed by atoms with Crippen molar-refractivity contribution >= 4 is 33.8 Å². The standard InChI is InChI=1S/C15H15ClN2S/c1-10(2)15-17-11(9-19-15)8-18-7-6-12-13(16)4-3-5-14(12)18/h3-7,9-10H,8H2,1-2H3. The van der Waals surface area contributed by atoms with Gasteiger partial charge >= 0.3 is 0 Å². The van der Waals surface area contributed by atoms with E-state index >= 15 is 0 Å². The fraction of sp³-hybridized carbons (Fsp3) is 0.267. The van der Waals surface area contributed by atoms with Crippen molar-refractivity contribution < 1.29 is 0 Å². The highest BCUT2D eigenvalue weighted by molar-refractivity contribution is 7.09. The third-order valence-electron chi connectivity index (χ3n) is 3.16. The van der Waals surface area contributed by atoms with Gasteiger partial charge in [-0.25, -0.2) is 4.98 Å². The number of nitrogens with zero attached hydrogens (tertiary/aromatic N) is 2. The third-order valence-corrected chi connectivity index (χ3v) is 4.68. The first-order chi connectivity index (χ1) is 9.15. The Hall–Kier alpha value is -1.32. The van der Waals surface area contributed by atoms with Crippen LogP contribution in [0.4, 0.5) is 0 Å². The Bertz CT molecular complexity index is 712. The minimum absolute atomic E-state index is 0.495. The van der Waals surface area contributed by atoms with Gasteiger partial charge < -0.3 is 4.57 Å². The molecule has 0 radical (unpaired) electrons. The molecule has 0 aliphatic heterocycles. The maximum Gasteiger partial charge on any atom is 0.0954 e. The van der Waals surface area contributed by atoms with E-state index in [4.69, 9.17) is 11.6 Å². The van der Waals surface area contributed by atoms with Crippen molar-refractivity contribution in [3.05, 3.63) is 51.6 Å². The van der Waals surface area contributed by atoms with Crippen LogP contribution in [0, 0.1) is 0 Å². The van der Waals surface area contributed by atoms with Crippen molar-refractivity contribution in [1.29, 1.82) is 0 Å². The van der Waals surface area contributed by atoms with Crippen LogP contribution in [0.2, 0.25) is 5.02 Å². The van der Waals surface area contributed by atoms with E-state index in [9.17, 15) is 0 Å². The van der Waals surface area contributed by atoms with Gasteiger partial charge in [0.1, 0.15) is 0 Å². The van der Waals surface area contributed by atoms with Crippen LogP contribution in [0.25, 0.3) is 10.9 Å². The van der Waals surface area contributed by atoms with E-state index in [-0.39, 0.29) is 0 Å². The minimum atomic E-state index is 0.495. The molecule has 1 aromatic carbocycles. The highest BCUT2D eigenvalue weighted by atomic mass is 35.5. The Kier molecular flexibility index (Phi) is 3.33. The fourth-order valence-corrected chi connectivity index (χ4v) is 3.22. The van der Waals surface area contributed by atoms with Crippen LogP contribution in [0.1, 0.15) is 30.5 Å². The molecule has 0 unspecified atom stereocenters. The van der Waals surface area contributed by atoms with E-state index in [1.54, 1.807) is 11.3 Å². The van der Waals surface area contributed by atoms with Gasteiger partial charge in [-0.3, -0.25) is 0 Å². The predicted octanol–water partition coefficient (Wildman–Crippen LogP) is 4.92. The minimum Gasteiger partial charge on any atom is -0.341 e. The molecule has 0 aliphatic rings. The Morgan fingerprint density at radius 1 is 1.32 bits per heavy atom. The van der Waals surface area contributed by atoms with Gasteiger partial charge in [0.05, 0.1) is 17.2 Å². The lowest BCUT2D eigenvalue weighted by Crippen LogP contribution is -1.98. The van der Waals surface area contributed by atoms with E-state index in [1.165, 1.54) is 5.01 Å². The van der Waals surface area contributed by atoms with Gasteiger partial charge in [0.15, 0.2) is 0 Å². The first kappa shape index (κ1) is 12.7. The molecular weight excluding hydrogens is 276 g/mol. The fourth-order valence-electron chi connectivity index (χ4n) is 2.16. The molecule has 2 heterocycles. The number of aromatic nitrogens is 2. The maximum atomic E-state index is 6.19. The molecule has 0 saturated heterocycles. The molecule has 98 valence electrons. The first-order valence-electron chi connectivity index (χ1n) is 6.33. The summed E-state index contributed by atoms with van der Waals surface area (Å²) < 4.78 is 2.19. The van der Waals surface area contributed by atoms with Gasteiger partial charge in [-0.15, -0.1) is 11.3 Å². The van der Waals surface area contributed by atoms with Gasteiger partial charge in [0, 0.05) is 33.4 Å². The van der Waals surface area contributed by atoms with E-state index in [2.05, 4.69) is 47.1 Å². The summed E-state index contributed by atoms with van der Waals surface area (Å²) >= 11 is 7.93. The number of thiazole rings is 1. The zero-order valence-corrected chi connectivity index (χ0v) is 12.5. The molecule has 0 spiro atoms. The normalized spacial score (nSPS) is 11.6. The highest BCUT2D eigenvalue weighted by Gasteiger charge is 2.08. The summed E-state index contributed by atoms with van der Waals surface area (Å²) in [5.41, 5.74) is 2.28. The molecule has 0 bridgehead atoms. The van der Waals surface area contributed by atoms with Crippen LogP contribution >= 0.6 is 22.9 Å². The van der Waals surface area contributed by atoms with Crippen molar-refractivity contribution in [3.63, 3.8) is 0 Å². The van der Waals surface area contributed by atoms with E-state index in [0.717, 1.165) is 28.2 Å². The molecule has 2 nitrogen and oxygen atoms in total. The SMILES string of the molecule is CC(C)c1nc(Cn2ccc3c(Cl)cccc32)cs1. The molecular formula is C15H15ClN2S. The van der Waals surface area contributed by atoms with Gasteiger partial charge in [-0.2, -0.15) is 0 Å². The van der Waals surface area contributed by atoms with Gasteiger partial charge in [0.25, 0.3) is 0 Å². The Morgan fingerprint density at radius 2 is 2.16 bits per heavy atom. The van der Waals surface area contributed by atoms with E-state index < -0.39 is 0 Å². The number of benzene rings is 1. The molecule has 0 fully saturated rings. The predicted molar refractivity (Wildman–Crippen MR) is 82.3 cm³/mol. The van der Waals surface area contributed by atoms with Crippen LogP contribution in [0.5, 0.6) is 0 Å². The van der Waals surface area contributed by atoms with Crippen molar-refractivity contribution in [2.75, 3.05) is 0 Å². The molecule has 0 N–H and O–H groups in total. The average molecular weight is 291 g/mol.